The molecule has 0 amide bonds. The van der Waals surface area contributed by atoms with Gasteiger partial charge in [0.1, 0.15) is 28.4 Å². The SMILES string of the molecule is [C-]#[N+]c1cc(-n2c3cc(N(c4ccccc4)c4ccccc4)ccc3c3c4oc5ccccc5c4ccc32)c(C#N)cc1-n1c2cc(N(c3ccccc3)c3ccccc3)ccc2c2c3oc4ccccc4c3ccc21. The lowest BCUT2D eigenvalue weighted by atomic mass is 10.1. The van der Waals surface area contributed by atoms with Crippen LogP contribution in [0.1, 0.15) is 5.56 Å². The maximum atomic E-state index is 11.6. The van der Waals surface area contributed by atoms with Crippen LogP contribution in [-0.2, 0) is 0 Å². The molecule has 0 radical (unpaired) electrons. The van der Waals surface area contributed by atoms with Crippen molar-refractivity contribution >= 4 is 127 Å². The minimum absolute atomic E-state index is 0.372. The minimum Gasteiger partial charge on any atom is -0.455 e. The summed E-state index contributed by atoms with van der Waals surface area (Å²) in [6.07, 6.45) is 0. The van der Waals surface area contributed by atoms with Gasteiger partial charge >= 0.3 is 0 Å². The summed E-state index contributed by atoms with van der Waals surface area (Å²) in [4.78, 5) is 8.83. The Morgan fingerprint density at radius 1 is 0.368 bits per heavy atom. The second-order valence-corrected chi connectivity index (χ2v) is 19.0. The van der Waals surface area contributed by atoms with Gasteiger partial charge in [0.25, 0.3) is 0 Å². The zero-order valence-electron chi connectivity index (χ0n) is 40.6. The van der Waals surface area contributed by atoms with Crippen LogP contribution in [0.4, 0.5) is 39.8 Å². The molecule has 0 aliphatic heterocycles. The fourth-order valence-electron chi connectivity index (χ4n) is 11.7. The van der Waals surface area contributed by atoms with Crippen molar-refractivity contribution in [1.82, 2.24) is 9.13 Å². The second kappa shape index (κ2) is 16.9. The van der Waals surface area contributed by atoms with Gasteiger partial charge in [-0.05, 0) is 133 Å². The summed E-state index contributed by atoms with van der Waals surface area (Å²) in [6.45, 7) is 9.04. The third-order valence-electron chi connectivity index (χ3n) is 14.9. The van der Waals surface area contributed by atoms with Gasteiger partial charge in [-0.25, -0.2) is 4.85 Å². The van der Waals surface area contributed by atoms with Crippen molar-refractivity contribution in [2.75, 3.05) is 9.80 Å². The van der Waals surface area contributed by atoms with Crippen molar-refractivity contribution in [2.24, 2.45) is 0 Å². The van der Waals surface area contributed by atoms with Crippen LogP contribution in [0.15, 0.2) is 251 Å². The molecule has 0 bridgehead atoms. The first-order valence-corrected chi connectivity index (χ1v) is 25.2. The van der Waals surface area contributed by atoms with E-state index in [1.807, 2.05) is 121 Å². The third-order valence-corrected chi connectivity index (χ3v) is 14.9. The van der Waals surface area contributed by atoms with Crippen LogP contribution in [0, 0.1) is 17.9 Å². The summed E-state index contributed by atoms with van der Waals surface area (Å²) in [7, 11) is 0. The lowest BCUT2D eigenvalue weighted by Crippen LogP contribution is -2.10. The summed E-state index contributed by atoms with van der Waals surface area (Å²) < 4.78 is 17.8. The first-order chi connectivity index (χ1) is 37.6. The monoisotopic (exact) mass is 972 g/mol. The molecule has 11 aromatic carbocycles. The smallest absolute Gasteiger partial charge is 0.212 e. The van der Waals surface area contributed by atoms with E-state index in [-0.39, 0.29) is 0 Å². The molecule has 0 aliphatic rings. The van der Waals surface area contributed by atoms with E-state index in [9.17, 15) is 5.26 Å². The summed E-state index contributed by atoms with van der Waals surface area (Å²) in [5.41, 5.74) is 14.3. The molecule has 0 saturated carbocycles. The molecule has 354 valence electrons. The van der Waals surface area contributed by atoms with E-state index in [0.717, 1.165) is 122 Å². The zero-order chi connectivity index (χ0) is 50.4. The molecule has 0 spiro atoms. The molecule has 15 rings (SSSR count). The number of furan rings is 2. The van der Waals surface area contributed by atoms with Crippen molar-refractivity contribution in [2.45, 2.75) is 0 Å². The number of rotatable bonds is 8. The number of benzene rings is 11. The number of aromatic nitrogens is 2. The number of nitriles is 1. The Bertz CT molecular complexity index is 4510. The van der Waals surface area contributed by atoms with E-state index in [1.165, 1.54) is 0 Å². The summed E-state index contributed by atoms with van der Waals surface area (Å²) >= 11 is 0. The molecule has 8 nitrogen and oxygen atoms in total. The average molecular weight is 973 g/mol. The number of nitrogens with zero attached hydrogens (tertiary/aromatic N) is 6. The highest BCUT2D eigenvalue weighted by Gasteiger charge is 2.27. The van der Waals surface area contributed by atoms with Crippen LogP contribution < -0.4 is 9.80 Å². The molecule has 0 atom stereocenters. The normalized spacial score (nSPS) is 11.7. The number of anilines is 6. The Balaban J connectivity index is 1.02. The van der Waals surface area contributed by atoms with E-state index < -0.39 is 0 Å². The second-order valence-electron chi connectivity index (χ2n) is 19.0. The maximum Gasteiger partial charge on any atom is 0.212 e. The predicted octanol–water partition coefficient (Wildman–Crippen LogP) is 19.0. The summed E-state index contributed by atoms with van der Waals surface area (Å²) in [5.74, 6) is 0. The minimum atomic E-state index is 0.372. The van der Waals surface area contributed by atoms with Crippen LogP contribution in [0.3, 0.4) is 0 Å². The fraction of sp³-hybridized carbons (Fsp3) is 0. The van der Waals surface area contributed by atoms with Gasteiger partial charge in [-0.15, -0.1) is 0 Å². The van der Waals surface area contributed by atoms with E-state index in [4.69, 9.17) is 15.4 Å². The largest absolute Gasteiger partial charge is 0.455 e. The molecule has 0 saturated heterocycles. The van der Waals surface area contributed by atoms with Crippen LogP contribution in [0.25, 0.3) is 104 Å². The van der Waals surface area contributed by atoms with Crippen LogP contribution in [0.5, 0.6) is 0 Å². The van der Waals surface area contributed by atoms with Gasteiger partial charge in [0.15, 0.2) is 0 Å². The zero-order valence-corrected chi connectivity index (χ0v) is 40.6. The summed E-state index contributed by atoms with van der Waals surface area (Å²) in [6, 6.07) is 85.5. The van der Waals surface area contributed by atoms with Crippen LogP contribution in [0.2, 0.25) is 0 Å². The quantitative estimate of drug-likeness (QED) is 0.142. The lowest BCUT2D eigenvalue weighted by Gasteiger charge is -2.26. The van der Waals surface area contributed by atoms with Crippen LogP contribution in [-0.4, -0.2) is 9.13 Å². The number of fused-ring (bicyclic) bond motifs is 14. The summed E-state index contributed by atoms with van der Waals surface area (Å²) in [5, 5.41) is 19.4. The average Bonchev–Trinajstić information content (AvgIpc) is 4.39. The van der Waals surface area contributed by atoms with Crippen LogP contribution >= 0.6 is 0 Å². The van der Waals surface area contributed by atoms with Gasteiger partial charge in [-0.2, -0.15) is 5.26 Å². The highest BCUT2D eigenvalue weighted by molar-refractivity contribution is 6.26. The molecule has 4 aromatic heterocycles. The fourth-order valence-corrected chi connectivity index (χ4v) is 11.7. The molecular weight excluding hydrogens is 933 g/mol. The highest BCUT2D eigenvalue weighted by Crippen LogP contribution is 2.48. The van der Waals surface area contributed by atoms with Crippen molar-refractivity contribution in [3.63, 3.8) is 0 Å². The first kappa shape index (κ1) is 42.8. The molecule has 4 heterocycles. The molecular formula is C68H40N6O2. The number of para-hydroxylation sites is 6. The highest BCUT2D eigenvalue weighted by atomic mass is 16.3. The molecule has 0 aliphatic carbocycles. The van der Waals surface area contributed by atoms with Gasteiger partial charge < -0.3 is 27.8 Å². The number of hydrogen-bond donors (Lipinski definition) is 0. The molecule has 0 fully saturated rings. The van der Waals surface area contributed by atoms with E-state index in [0.29, 0.717) is 22.6 Å². The van der Waals surface area contributed by atoms with Gasteiger partial charge in [-0.1, -0.05) is 109 Å². The Kier molecular flexibility index (Phi) is 9.52. The lowest BCUT2D eigenvalue weighted by molar-refractivity contribution is 0.672. The molecule has 0 N–H and O–H groups in total. The standard InChI is InChI=1S/C68H40N6O2/c1-70-56-41-59(73-57-36-34-52-50-26-14-16-28-63(50)75-67(52)65(57)54-32-30-48(39-60(54)73)71(44-18-6-2-7-19-44)45-20-8-3-9-21-45)43(42-69)38-62(56)74-58-37-35-53-51-27-15-17-29-64(51)76-68(53)66(58)55-33-31-49(40-61(55)74)72(46-22-10-4-11-23-46)47-24-12-5-13-25-47/h2-41H. The predicted molar refractivity (Wildman–Crippen MR) is 310 cm³/mol. The molecule has 8 heteroatoms. The Morgan fingerprint density at radius 3 is 1.18 bits per heavy atom. The van der Waals surface area contributed by atoms with Crippen molar-refractivity contribution in [3.8, 4) is 17.4 Å². The van der Waals surface area contributed by atoms with Crippen molar-refractivity contribution in [3.05, 3.63) is 260 Å². The van der Waals surface area contributed by atoms with Crippen molar-refractivity contribution in [1.29, 1.82) is 5.26 Å². The first-order valence-electron chi connectivity index (χ1n) is 25.2. The van der Waals surface area contributed by atoms with Gasteiger partial charge in [-0.3, -0.25) is 0 Å². The van der Waals surface area contributed by atoms with E-state index >= 15 is 0 Å². The van der Waals surface area contributed by atoms with E-state index in [2.05, 4.69) is 151 Å². The van der Waals surface area contributed by atoms with Gasteiger partial charge in [0.05, 0.1) is 56.3 Å². The maximum absolute atomic E-state index is 11.6. The Hall–Kier alpha value is -10.8. The van der Waals surface area contributed by atoms with Gasteiger partial charge in [0.2, 0.25) is 5.69 Å². The molecule has 15 aromatic rings. The van der Waals surface area contributed by atoms with Gasteiger partial charge in [0, 0.05) is 66.4 Å². The Labute approximate surface area is 435 Å². The van der Waals surface area contributed by atoms with Crippen molar-refractivity contribution < 1.29 is 8.83 Å². The molecule has 0 unspecified atom stereocenters. The van der Waals surface area contributed by atoms with E-state index in [1.54, 1.807) is 0 Å². The topological polar surface area (TPSA) is 70.8 Å². The Morgan fingerprint density at radius 2 is 0.763 bits per heavy atom. The third kappa shape index (κ3) is 6.42. The number of hydrogen-bond acceptors (Lipinski definition) is 5. The molecule has 76 heavy (non-hydrogen) atoms.